The van der Waals surface area contributed by atoms with Crippen LogP contribution in [0.1, 0.15) is 29.8 Å². The Hall–Kier alpha value is -2.12. The number of carbonyl (C=O) groups excluding carboxylic acids is 2. The highest BCUT2D eigenvalue weighted by atomic mass is 16.5. The molecule has 0 saturated carbocycles. The van der Waals surface area contributed by atoms with Gasteiger partial charge in [0.05, 0.1) is 26.3 Å². The summed E-state index contributed by atoms with van der Waals surface area (Å²) in [5, 5.41) is 8.51. The van der Waals surface area contributed by atoms with E-state index in [4.69, 9.17) is 4.74 Å². The Morgan fingerprint density at radius 2 is 1.80 bits per heavy atom. The summed E-state index contributed by atoms with van der Waals surface area (Å²) in [7, 11) is 0. The Morgan fingerprint density at radius 3 is 2.44 bits per heavy atom. The van der Waals surface area contributed by atoms with Crippen molar-refractivity contribution < 1.29 is 19.2 Å². The predicted molar refractivity (Wildman–Crippen MR) is 95.7 cm³/mol. The van der Waals surface area contributed by atoms with E-state index in [1.165, 1.54) is 4.90 Å². The highest BCUT2D eigenvalue weighted by Crippen LogP contribution is 2.04. The van der Waals surface area contributed by atoms with E-state index in [-0.39, 0.29) is 18.0 Å². The quantitative estimate of drug-likeness (QED) is 0.538. The van der Waals surface area contributed by atoms with Gasteiger partial charge >= 0.3 is 6.03 Å². The molecule has 0 aromatic heterocycles. The maximum atomic E-state index is 12.2. The molecule has 1 heterocycles. The molecule has 2 rings (SSSR count). The molecule has 0 atom stereocenters. The molecule has 3 amide bonds. The van der Waals surface area contributed by atoms with Crippen molar-refractivity contribution in [3.8, 4) is 0 Å². The number of urea groups is 1. The van der Waals surface area contributed by atoms with Gasteiger partial charge in [0.2, 0.25) is 0 Å². The van der Waals surface area contributed by atoms with Gasteiger partial charge in [0.15, 0.2) is 0 Å². The SMILES string of the molecule is CC(C)NC(=O)NCc1ccc(C(=O)NCC[NH+]2CCOCC2)cc1. The molecule has 1 aromatic carbocycles. The summed E-state index contributed by atoms with van der Waals surface area (Å²) in [6.45, 7) is 9.43. The number of quaternary nitrogens is 1. The number of carbonyl (C=O) groups is 2. The normalized spacial score (nSPS) is 15.0. The highest BCUT2D eigenvalue weighted by molar-refractivity contribution is 5.94. The average Bonchev–Trinajstić information content (AvgIpc) is 2.60. The molecule has 0 unspecified atom stereocenters. The molecule has 1 aromatic rings. The molecule has 0 bridgehead atoms. The maximum Gasteiger partial charge on any atom is 0.315 e. The molecule has 0 spiro atoms. The Bertz CT molecular complexity index is 554. The molecule has 0 radical (unpaired) electrons. The molecule has 138 valence electrons. The van der Waals surface area contributed by atoms with Crippen LogP contribution in [0.3, 0.4) is 0 Å². The topological polar surface area (TPSA) is 83.9 Å². The third-order valence-corrected chi connectivity index (χ3v) is 4.05. The van der Waals surface area contributed by atoms with Crippen molar-refractivity contribution in [3.63, 3.8) is 0 Å². The van der Waals surface area contributed by atoms with Crippen LogP contribution in [0.5, 0.6) is 0 Å². The molecule has 1 fully saturated rings. The fourth-order valence-corrected chi connectivity index (χ4v) is 2.63. The average molecular weight is 349 g/mol. The molecular weight excluding hydrogens is 320 g/mol. The number of rotatable bonds is 7. The minimum Gasteiger partial charge on any atom is -0.370 e. The summed E-state index contributed by atoms with van der Waals surface area (Å²) >= 11 is 0. The fraction of sp³-hybridized carbons (Fsp3) is 0.556. The third-order valence-electron chi connectivity index (χ3n) is 4.05. The molecule has 1 aliphatic heterocycles. The number of nitrogens with one attached hydrogen (secondary N) is 4. The van der Waals surface area contributed by atoms with Crippen molar-refractivity contribution in [2.45, 2.75) is 26.4 Å². The monoisotopic (exact) mass is 349 g/mol. The van der Waals surface area contributed by atoms with Crippen LogP contribution in [0.25, 0.3) is 0 Å². The molecule has 25 heavy (non-hydrogen) atoms. The van der Waals surface area contributed by atoms with Crippen LogP contribution in [0.15, 0.2) is 24.3 Å². The Labute approximate surface area is 149 Å². The lowest BCUT2D eigenvalue weighted by atomic mass is 10.1. The molecule has 1 aliphatic rings. The van der Waals surface area contributed by atoms with Gasteiger partial charge in [-0.2, -0.15) is 0 Å². The number of hydrogen-bond donors (Lipinski definition) is 4. The summed E-state index contributed by atoms with van der Waals surface area (Å²) in [4.78, 5) is 25.2. The Morgan fingerprint density at radius 1 is 1.12 bits per heavy atom. The molecule has 0 aliphatic carbocycles. The van der Waals surface area contributed by atoms with Gasteiger partial charge in [0.1, 0.15) is 13.1 Å². The Kier molecular flexibility index (Phi) is 7.69. The number of amides is 3. The fourth-order valence-electron chi connectivity index (χ4n) is 2.63. The second-order valence-electron chi connectivity index (χ2n) is 6.55. The van der Waals surface area contributed by atoms with Crippen LogP contribution in [0.4, 0.5) is 4.79 Å². The zero-order valence-corrected chi connectivity index (χ0v) is 15.1. The van der Waals surface area contributed by atoms with Gasteiger partial charge in [0, 0.05) is 18.2 Å². The molecule has 1 saturated heterocycles. The zero-order valence-electron chi connectivity index (χ0n) is 15.1. The summed E-state index contributed by atoms with van der Waals surface area (Å²) in [6.07, 6.45) is 0. The molecular formula is C18H29N4O3+. The second-order valence-corrected chi connectivity index (χ2v) is 6.55. The number of benzene rings is 1. The lowest BCUT2D eigenvalue weighted by Crippen LogP contribution is -3.14. The molecule has 7 heteroatoms. The van der Waals surface area contributed by atoms with Crippen molar-refractivity contribution in [1.82, 2.24) is 16.0 Å². The number of ether oxygens (including phenoxy) is 1. The van der Waals surface area contributed by atoms with Crippen molar-refractivity contribution in [1.29, 1.82) is 0 Å². The predicted octanol–water partition coefficient (Wildman–Crippen LogP) is -0.461. The smallest absolute Gasteiger partial charge is 0.315 e. The van der Waals surface area contributed by atoms with Gasteiger partial charge in [-0.05, 0) is 31.5 Å². The lowest BCUT2D eigenvalue weighted by Gasteiger charge is -2.23. The van der Waals surface area contributed by atoms with Crippen LogP contribution in [-0.2, 0) is 11.3 Å². The minimum atomic E-state index is -0.192. The first-order valence-corrected chi connectivity index (χ1v) is 8.87. The van der Waals surface area contributed by atoms with E-state index in [0.29, 0.717) is 18.7 Å². The van der Waals surface area contributed by atoms with Gasteiger partial charge in [-0.3, -0.25) is 4.79 Å². The van der Waals surface area contributed by atoms with Crippen LogP contribution in [0, 0.1) is 0 Å². The summed E-state index contributed by atoms with van der Waals surface area (Å²) in [5.41, 5.74) is 1.58. The standard InChI is InChI=1S/C18H28N4O3/c1-14(2)21-18(24)20-13-15-3-5-16(6-4-15)17(23)19-7-8-22-9-11-25-12-10-22/h3-6,14H,7-13H2,1-2H3,(H,19,23)(H2,20,21,24)/p+1. The van der Waals surface area contributed by atoms with E-state index < -0.39 is 0 Å². The first-order chi connectivity index (χ1) is 12.0. The van der Waals surface area contributed by atoms with E-state index in [2.05, 4.69) is 16.0 Å². The van der Waals surface area contributed by atoms with E-state index in [1.807, 2.05) is 26.0 Å². The summed E-state index contributed by atoms with van der Waals surface area (Å²) in [5.74, 6) is -0.0651. The van der Waals surface area contributed by atoms with E-state index >= 15 is 0 Å². The summed E-state index contributed by atoms with van der Waals surface area (Å²) in [6, 6.07) is 7.20. The zero-order chi connectivity index (χ0) is 18.1. The number of morpholine rings is 1. The maximum absolute atomic E-state index is 12.2. The van der Waals surface area contributed by atoms with Gasteiger partial charge in [-0.25, -0.2) is 4.79 Å². The first-order valence-electron chi connectivity index (χ1n) is 8.87. The number of hydrogen-bond acceptors (Lipinski definition) is 3. The van der Waals surface area contributed by atoms with Crippen LogP contribution in [0.2, 0.25) is 0 Å². The first kappa shape index (κ1) is 19.2. The largest absolute Gasteiger partial charge is 0.370 e. The van der Waals surface area contributed by atoms with Gasteiger partial charge < -0.3 is 25.6 Å². The Balaban J connectivity index is 1.71. The molecule has 4 N–H and O–H groups in total. The van der Waals surface area contributed by atoms with E-state index in [9.17, 15) is 9.59 Å². The van der Waals surface area contributed by atoms with Gasteiger partial charge in [-0.1, -0.05) is 12.1 Å². The van der Waals surface area contributed by atoms with Gasteiger partial charge in [0.25, 0.3) is 5.91 Å². The highest BCUT2D eigenvalue weighted by Gasteiger charge is 2.14. The minimum absolute atomic E-state index is 0.0651. The van der Waals surface area contributed by atoms with Crippen LogP contribution in [-0.4, -0.2) is 57.4 Å². The van der Waals surface area contributed by atoms with Crippen LogP contribution >= 0.6 is 0 Å². The van der Waals surface area contributed by atoms with Crippen LogP contribution < -0.4 is 20.9 Å². The van der Waals surface area contributed by atoms with Crippen molar-refractivity contribution in [2.24, 2.45) is 0 Å². The van der Waals surface area contributed by atoms with Crippen molar-refractivity contribution in [2.75, 3.05) is 39.4 Å². The van der Waals surface area contributed by atoms with Crippen molar-refractivity contribution >= 4 is 11.9 Å². The van der Waals surface area contributed by atoms with E-state index in [1.54, 1.807) is 12.1 Å². The lowest BCUT2D eigenvalue weighted by molar-refractivity contribution is -0.906. The summed E-state index contributed by atoms with van der Waals surface area (Å²) < 4.78 is 5.32. The van der Waals surface area contributed by atoms with E-state index in [0.717, 1.165) is 38.4 Å². The third kappa shape index (κ3) is 7.11. The van der Waals surface area contributed by atoms with Crippen molar-refractivity contribution in [3.05, 3.63) is 35.4 Å². The molecule has 7 nitrogen and oxygen atoms in total. The van der Waals surface area contributed by atoms with Gasteiger partial charge in [-0.15, -0.1) is 0 Å². The second kappa shape index (κ2) is 10.0.